The van der Waals surface area contributed by atoms with Gasteiger partial charge in [-0.15, -0.1) is 0 Å². The van der Waals surface area contributed by atoms with Gasteiger partial charge in [0.15, 0.2) is 5.78 Å². The Labute approximate surface area is 104 Å². The smallest absolute Gasteiger partial charge is 0.230 e. The Hall–Kier alpha value is -2.36. The van der Waals surface area contributed by atoms with Gasteiger partial charge in [0, 0.05) is 18.2 Å². The summed E-state index contributed by atoms with van der Waals surface area (Å²) < 4.78 is 11.0. The first kappa shape index (κ1) is 10.8. The predicted molar refractivity (Wildman–Crippen MR) is 65.3 cm³/mol. The molecule has 0 radical (unpaired) electrons. The van der Waals surface area contributed by atoms with Crippen LogP contribution in [-0.2, 0) is 6.42 Å². The van der Waals surface area contributed by atoms with Gasteiger partial charge < -0.3 is 9.47 Å². The number of carbonyl (C=O) groups is 1. The van der Waals surface area contributed by atoms with E-state index in [-0.39, 0.29) is 12.2 Å². The maximum atomic E-state index is 12.2. The van der Waals surface area contributed by atoms with E-state index in [0.29, 0.717) is 22.9 Å². The molecule has 1 aliphatic rings. The molecule has 0 aliphatic carbocycles. The van der Waals surface area contributed by atoms with Gasteiger partial charge in [0.05, 0.1) is 12.7 Å². The van der Waals surface area contributed by atoms with E-state index in [1.807, 2.05) is 18.2 Å². The second-order valence-corrected chi connectivity index (χ2v) is 4.00. The molecule has 0 N–H and O–H groups in total. The van der Waals surface area contributed by atoms with Crippen LogP contribution in [0.15, 0.2) is 36.5 Å². The summed E-state index contributed by atoms with van der Waals surface area (Å²) in [6, 6.07) is 8.92. The van der Waals surface area contributed by atoms with Crippen LogP contribution < -0.4 is 9.47 Å². The second-order valence-electron chi connectivity index (χ2n) is 4.00. The number of hydrogen-bond acceptors (Lipinski definition) is 4. The normalized spacial score (nSPS) is 13.1. The number of ether oxygens (including phenoxy) is 2. The van der Waals surface area contributed by atoms with Crippen molar-refractivity contribution in [1.29, 1.82) is 0 Å². The van der Waals surface area contributed by atoms with Crippen LogP contribution in [0.25, 0.3) is 0 Å². The fraction of sp³-hybridized carbons (Fsp3) is 0.143. The van der Waals surface area contributed by atoms with Crippen molar-refractivity contribution in [2.45, 2.75) is 6.42 Å². The van der Waals surface area contributed by atoms with E-state index >= 15 is 0 Å². The van der Waals surface area contributed by atoms with Gasteiger partial charge in [-0.1, -0.05) is 6.07 Å². The highest BCUT2D eigenvalue weighted by molar-refractivity contribution is 6.00. The summed E-state index contributed by atoms with van der Waals surface area (Å²) in [7, 11) is 1.58. The molecule has 1 aromatic carbocycles. The molecule has 1 aromatic heterocycles. The molecule has 0 unspecified atom stereocenters. The van der Waals surface area contributed by atoms with Crippen molar-refractivity contribution >= 4 is 5.78 Å². The quantitative estimate of drug-likeness (QED) is 0.770. The van der Waals surface area contributed by atoms with Crippen molar-refractivity contribution in [2.75, 3.05) is 7.11 Å². The molecule has 2 aromatic rings. The summed E-state index contributed by atoms with van der Waals surface area (Å²) in [5.74, 6) is 1.63. The van der Waals surface area contributed by atoms with Crippen LogP contribution in [0.1, 0.15) is 15.9 Å². The van der Waals surface area contributed by atoms with E-state index in [2.05, 4.69) is 4.98 Å². The molecule has 3 rings (SSSR count). The average Bonchev–Trinajstić information content (AvgIpc) is 2.54. The summed E-state index contributed by atoms with van der Waals surface area (Å²) in [5, 5.41) is 0. The molecule has 4 heteroatoms. The van der Waals surface area contributed by atoms with Gasteiger partial charge in [-0.3, -0.25) is 4.79 Å². The lowest BCUT2D eigenvalue weighted by Crippen LogP contribution is -2.03. The van der Waals surface area contributed by atoms with Crippen molar-refractivity contribution < 1.29 is 14.3 Å². The van der Waals surface area contributed by atoms with E-state index in [1.54, 1.807) is 25.4 Å². The number of carbonyl (C=O) groups excluding carboxylic acids is 1. The van der Waals surface area contributed by atoms with Gasteiger partial charge in [0.1, 0.15) is 11.5 Å². The minimum Gasteiger partial charge on any atom is -0.496 e. The Bertz CT molecular complexity index is 622. The van der Waals surface area contributed by atoms with E-state index < -0.39 is 0 Å². The molecule has 0 fully saturated rings. The third-order valence-electron chi connectivity index (χ3n) is 2.93. The van der Waals surface area contributed by atoms with Crippen LogP contribution >= 0.6 is 0 Å². The standard InChI is InChI=1S/C14H11NO3/c1-17-12-5-2-6-13-10(12)8-11(16)9-4-3-7-15-14(9)18-13/h2-7H,8H2,1H3. The van der Waals surface area contributed by atoms with Gasteiger partial charge >= 0.3 is 0 Å². The molecule has 0 spiro atoms. The SMILES string of the molecule is COc1cccc2c1CC(=O)c1cccnc1O2. The van der Waals surface area contributed by atoms with E-state index in [0.717, 1.165) is 5.56 Å². The molecule has 4 nitrogen and oxygen atoms in total. The molecule has 18 heavy (non-hydrogen) atoms. The average molecular weight is 241 g/mol. The number of nitrogens with zero attached hydrogens (tertiary/aromatic N) is 1. The van der Waals surface area contributed by atoms with Gasteiger partial charge in [0.25, 0.3) is 0 Å². The summed E-state index contributed by atoms with van der Waals surface area (Å²) in [6.07, 6.45) is 1.87. The summed E-state index contributed by atoms with van der Waals surface area (Å²) in [4.78, 5) is 16.3. The van der Waals surface area contributed by atoms with Crippen LogP contribution in [0, 0.1) is 0 Å². The fourth-order valence-electron chi connectivity index (χ4n) is 2.05. The minimum absolute atomic E-state index is 0.0126. The first-order valence-corrected chi connectivity index (χ1v) is 5.61. The first-order chi connectivity index (χ1) is 8.79. The fourth-order valence-corrected chi connectivity index (χ4v) is 2.05. The van der Waals surface area contributed by atoms with Crippen molar-refractivity contribution in [3.8, 4) is 17.4 Å². The molecule has 2 heterocycles. The van der Waals surface area contributed by atoms with E-state index in [4.69, 9.17) is 9.47 Å². The first-order valence-electron chi connectivity index (χ1n) is 5.61. The van der Waals surface area contributed by atoms with Gasteiger partial charge in [-0.05, 0) is 24.3 Å². The number of hydrogen-bond donors (Lipinski definition) is 0. The highest BCUT2D eigenvalue weighted by Crippen LogP contribution is 2.36. The molecule has 0 saturated carbocycles. The van der Waals surface area contributed by atoms with Crippen LogP contribution in [0.5, 0.6) is 17.4 Å². The number of Topliss-reactive ketones (excluding diaryl/α,β-unsaturated/α-hetero) is 1. The number of fused-ring (bicyclic) bond motifs is 2. The Morgan fingerprint density at radius 1 is 1.28 bits per heavy atom. The van der Waals surface area contributed by atoms with E-state index in [9.17, 15) is 4.79 Å². The van der Waals surface area contributed by atoms with E-state index in [1.165, 1.54) is 0 Å². The van der Waals surface area contributed by atoms with Crippen LogP contribution in [0.4, 0.5) is 0 Å². The molecular formula is C14H11NO3. The number of rotatable bonds is 1. The Balaban J connectivity index is 2.18. The summed E-state index contributed by atoms with van der Waals surface area (Å²) in [6.45, 7) is 0. The lowest BCUT2D eigenvalue weighted by molar-refractivity contribution is 0.0992. The third-order valence-corrected chi connectivity index (χ3v) is 2.93. The lowest BCUT2D eigenvalue weighted by Gasteiger charge is -2.10. The lowest BCUT2D eigenvalue weighted by atomic mass is 10.0. The van der Waals surface area contributed by atoms with Crippen molar-refractivity contribution in [2.24, 2.45) is 0 Å². The number of ketones is 1. The molecule has 0 saturated heterocycles. The zero-order valence-corrected chi connectivity index (χ0v) is 9.84. The second kappa shape index (κ2) is 4.14. The predicted octanol–water partition coefficient (Wildman–Crippen LogP) is 2.62. The summed E-state index contributed by atoms with van der Waals surface area (Å²) in [5.41, 5.74) is 1.28. The van der Waals surface area contributed by atoms with Crippen LogP contribution in [0.2, 0.25) is 0 Å². The molecule has 1 aliphatic heterocycles. The topological polar surface area (TPSA) is 48.4 Å². The Kier molecular flexibility index (Phi) is 2.48. The Morgan fingerprint density at radius 2 is 2.17 bits per heavy atom. The molecule has 90 valence electrons. The largest absolute Gasteiger partial charge is 0.496 e. The molecule has 0 amide bonds. The van der Waals surface area contributed by atoms with Gasteiger partial charge in [-0.2, -0.15) is 0 Å². The zero-order chi connectivity index (χ0) is 12.5. The monoisotopic (exact) mass is 241 g/mol. The number of aromatic nitrogens is 1. The van der Waals surface area contributed by atoms with Gasteiger partial charge in [-0.25, -0.2) is 4.98 Å². The maximum Gasteiger partial charge on any atom is 0.230 e. The summed E-state index contributed by atoms with van der Waals surface area (Å²) >= 11 is 0. The van der Waals surface area contributed by atoms with Crippen molar-refractivity contribution in [3.05, 3.63) is 47.7 Å². The van der Waals surface area contributed by atoms with Crippen molar-refractivity contribution in [1.82, 2.24) is 4.98 Å². The maximum absolute atomic E-state index is 12.2. The zero-order valence-electron chi connectivity index (χ0n) is 9.84. The molecule has 0 bridgehead atoms. The van der Waals surface area contributed by atoms with Gasteiger partial charge in [0.2, 0.25) is 5.88 Å². The van der Waals surface area contributed by atoms with Crippen molar-refractivity contribution in [3.63, 3.8) is 0 Å². The highest BCUT2D eigenvalue weighted by Gasteiger charge is 2.24. The number of benzene rings is 1. The number of pyridine rings is 1. The highest BCUT2D eigenvalue weighted by atomic mass is 16.5. The molecular weight excluding hydrogens is 230 g/mol. The van der Waals surface area contributed by atoms with Crippen LogP contribution in [0.3, 0.4) is 0 Å². The number of methoxy groups -OCH3 is 1. The third kappa shape index (κ3) is 1.62. The minimum atomic E-state index is -0.0126. The molecule has 0 atom stereocenters. The van der Waals surface area contributed by atoms with Crippen LogP contribution in [-0.4, -0.2) is 17.9 Å². The Morgan fingerprint density at radius 3 is 3.00 bits per heavy atom.